The Morgan fingerprint density at radius 2 is 1.81 bits per heavy atom. The van der Waals surface area contributed by atoms with E-state index in [1.165, 1.54) is 5.56 Å². The molecule has 4 nitrogen and oxygen atoms in total. The van der Waals surface area contributed by atoms with Crippen molar-refractivity contribution in [2.24, 2.45) is 0 Å². The van der Waals surface area contributed by atoms with Gasteiger partial charge in [-0.3, -0.25) is 4.79 Å². The first-order valence-corrected chi connectivity index (χ1v) is 9.57. The molecule has 140 valence electrons. The lowest BCUT2D eigenvalue weighted by molar-refractivity contribution is -0.121. The topological polar surface area (TPSA) is 46.9 Å². The fraction of sp³-hybridized carbons (Fsp3) is 0.304. The molecule has 0 aliphatic rings. The highest BCUT2D eigenvalue weighted by atomic mass is 16.1. The van der Waals surface area contributed by atoms with E-state index in [2.05, 4.69) is 43.4 Å². The first-order valence-electron chi connectivity index (χ1n) is 9.57. The maximum Gasteiger partial charge on any atom is 0.220 e. The summed E-state index contributed by atoms with van der Waals surface area (Å²) in [5, 5.41) is 7.86. The van der Waals surface area contributed by atoms with Gasteiger partial charge in [0.25, 0.3) is 0 Å². The fourth-order valence-corrected chi connectivity index (χ4v) is 2.96. The molecule has 1 amide bonds. The molecule has 1 N–H and O–H groups in total. The monoisotopic (exact) mass is 361 g/mol. The molecule has 3 rings (SSSR count). The predicted molar refractivity (Wildman–Crippen MR) is 110 cm³/mol. The van der Waals surface area contributed by atoms with Crippen molar-refractivity contribution >= 4 is 5.91 Å². The lowest BCUT2D eigenvalue weighted by Crippen LogP contribution is -2.32. The molecule has 0 aliphatic heterocycles. The van der Waals surface area contributed by atoms with Crippen molar-refractivity contribution in [1.82, 2.24) is 15.1 Å². The number of carbonyl (C=O) groups excluding carboxylic acids is 1. The second-order valence-electron chi connectivity index (χ2n) is 7.03. The van der Waals surface area contributed by atoms with Crippen LogP contribution < -0.4 is 5.32 Å². The third-order valence-electron chi connectivity index (χ3n) is 4.78. The van der Waals surface area contributed by atoms with Gasteiger partial charge in [0.15, 0.2) is 0 Å². The number of hydrogen-bond acceptors (Lipinski definition) is 2. The van der Waals surface area contributed by atoms with E-state index in [1.54, 1.807) is 0 Å². The van der Waals surface area contributed by atoms with Gasteiger partial charge in [0.1, 0.15) is 0 Å². The second-order valence-corrected chi connectivity index (χ2v) is 7.03. The number of nitrogens with one attached hydrogen (secondary N) is 1. The van der Waals surface area contributed by atoms with Crippen LogP contribution in [-0.4, -0.2) is 21.7 Å². The number of para-hydroxylation sites is 1. The Morgan fingerprint density at radius 3 is 2.48 bits per heavy atom. The third kappa shape index (κ3) is 4.85. The summed E-state index contributed by atoms with van der Waals surface area (Å²) in [5.41, 5.74) is 5.33. The molecule has 0 radical (unpaired) electrons. The summed E-state index contributed by atoms with van der Waals surface area (Å²) in [6, 6.07) is 18.6. The quantitative estimate of drug-likeness (QED) is 0.663. The van der Waals surface area contributed by atoms with Crippen LogP contribution in [0.25, 0.3) is 16.9 Å². The lowest BCUT2D eigenvalue weighted by Gasteiger charge is -2.11. The maximum absolute atomic E-state index is 12.2. The Kier molecular flexibility index (Phi) is 6.07. The lowest BCUT2D eigenvalue weighted by atomic mass is 10.0. The minimum absolute atomic E-state index is 0.0895. The molecule has 0 saturated carbocycles. The number of benzene rings is 2. The molecule has 2 aromatic carbocycles. The van der Waals surface area contributed by atoms with Crippen LogP contribution in [0, 0.1) is 6.92 Å². The smallest absolute Gasteiger partial charge is 0.220 e. The van der Waals surface area contributed by atoms with E-state index in [0.29, 0.717) is 12.8 Å². The van der Waals surface area contributed by atoms with Gasteiger partial charge >= 0.3 is 0 Å². The summed E-state index contributed by atoms with van der Waals surface area (Å²) in [5.74, 6) is 0.0895. The van der Waals surface area contributed by atoms with Gasteiger partial charge in [0.05, 0.1) is 11.4 Å². The first kappa shape index (κ1) is 18.9. The zero-order valence-corrected chi connectivity index (χ0v) is 16.3. The van der Waals surface area contributed by atoms with E-state index in [4.69, 9.17) is 5.10 Å². The highest BCUT2D eigenvalue weighted by Gasteiger charge is 2.14. The number of aromatic nitrogens is 2. The molecule has 0 unspecified atom stereocenters. The van der Waals surface area contributed by atoms with E-state index in [9.17, 15) is 4.79 Å². The molecule has 1 atom stereocenters. The number of rotatable bonds is 7. The van der Waals surface area contributed by atoms with Crippen LogP contribution >= 0.6 is 0 Å². The SMILES string of the molecule is CC[C@@H](C)NC(=O)CCc1cn(-c2ccccc2)nc1-c1ccc(C)cc1. The Bertz CT molecular complexity index is 882. The van der Waals surface area contributed by atoms with Crippen molar-refractivity contribution in [3.63, 3.8) is 0 Å². The average Bonchev–Trinajstić information content (AvgIpc) is 3.12. The summed E-state index contributed by atoms with van der Waals surface area (Å²) < 4.78 is 1.90. The average molecular weight is 361 g/mol. The molecule has 0 fully saturated rings. The van der Waals surface area contributed by atoms with E-state index in [1.807, 2.05) is 48.1 Å². The zero-order valence-electron chi connectivity index (χ0n) is 16.3. The normalized spacial score (nSPS) is 12.0. The summed E-state index contributed by atoms with van der Waals surface area (Å²) in [4.78, 5) is 12.2. The Hall–Kier alpha value is -2.88. The predicted octanol–water partition coefficient (Wildman–Crippen LogP) is 4.70. The van der Waals surface area contributed by atoms with Gasteiger partial charge in [0.2, 0.25) is 5.91 Å². The number of hydrogen-bond donors (Lipinski definition) is 1. The molecule has 0 aliphatic carbocycles. The van der Waals surface area contributed by atoms with Crippen LogP contribution in [-0.2, 0) is 11.2 Å². The summed E-state index contributed by atoms with van der Waals surface area (Å²) in [6.45, 7) is 6.18. The van der Waals surface area contributed by atoms with Gasteiger partial charge in [-0.25, -0.2) is 4.68 Å². The summed E-state index contributed by atoms with van der Waals surface area (Å²) in [6.07, 6.45) is 4.11. The minimum Gasteiger partial charge on any atom is -0.354 e. The van der Waals surface area contributed by atoms with Gasteiger partial charge in [-0.15, -0.1) is 0 Å². The summed E-state index contributed by atoms with van der Waals surface area (Å²) >= 11 is 0. The fourth-order valence-electron chi connectivity index (χ4n) is 2.96. The van der Waals surface area contributed by atoms with Gasteiger partial charge in [0, 0.05) is 24.2 Å². The molecule has 27 heavy (non-hydrogen) atoms. The Labute approximate surface area is 161 Å². The van der Waals surface area contributed by atoms with Crippen LogP contribution in [0.15, 0.2) is 60.8 Å². The number of nitrogens with zero attached hydrogens (tertiary/aromatic N) is 2. The summed E-state index contributed by atoms with van der Waals surface area (Å²) in [7, 11) is 0. The van der Waals surface area contributed by atoms with Crippen molar-refractivity contribution in [3.8, 4) is 16.9 Å². The molecule has 3 aromatic rings. The van der Waals surface area contributed by atoms with E-state index in [0.717, 1.165) is 28.9 Å². The first-order chi connectivity index (χ1) is 13.1. The number of aryl methyl sites for hydroxylation is 2. The molecular formula is C23H27N3O. The van der Waals surface area contributed by atoms with Crippen molar-refractivity contribution in [2.45, 2.75) is 46.1 Å². The standard InChI is InChI=1S/C23H27N3O/c1-4-18(3)24-22(27)15-14-20-16-26(21-8-6-5-7-9-21)25-23(20)19-12-10-17(2)11-13-19/h5-13,16,18H,4,14-15H2,1-3H3,(H,24,27)/t18-/m1/s1. The largest absolute Gasteiger partial charge is 0.354 e. The van der Waals surface area contributed by atoms with Crippen molar-refractivity contribution < 1.29 is 4.79 Å². The zero-order chi connectivity index (χ0) is 19.2. The molecule has 0 saturated heterocycles. The molecule has 4 heteroatoms. The Morgan fingerprint density at radius 1 is 1.11 bits per heavy atom. The van der Waals surface area contributed by atoms with Gasteiger partial charge in [-0.1, -0.05) is 55.0 Å². The highest BCUT2D eigenvalue weighted by molar-refractivity contribution is 5.77. The van der Waals surface area contributed by atoms with Crippen LogP contribution in [0.5, 0.6) is 0 Å². The third-order valence-corrected chi connectivity index (χ3v) is 4.78. The molecule has 0 spiro atoms. The highest BCUT2D eigenvalue weighted by Crippen LogP contribution is 2.25. The van der Waals surface area contributed by atoms with Crippen LogP contribution in [0.4, 0.5) is 0 Å². The van der Waals surface area contributed by atoms with Crippen LogP contribution in [0.2, 0.25) is 0 Å². The van der Waals surface area contributed by atoms with E-state index < -0.39 is 0 Å². The van der Waals surface area contributed by atoms with Crippen molar-refractivity contribution in [3.05, 3.63) is 71.9 Å². The molecule has 1 heterocycles. The minimum atomic E-state index is 0.0895. The van der Waals surface area contributed by atoms with Crippen molar-refractivity contribution in [1.29, 1.82) is 0 Å². The number of amides is 1. The van der Waals surface area contributed by atoms with Crippen LogP contribution in [0.3, 0.4) is 0 Å². The van der Waals surface area contributed by atoms with Gasteiger partial charge in [-0.05, 0) is 44.4 Å². The van der Waals surface area contributed by atoms with Crippen LogP contribution in [0.1, 0.15) is 37.8 Å². The van der Waals surface area contributed by atoms with Gasteiger partial charge < -0.3 is 5.32 Å². The Balaban J connectivity index is 1.87. The maximum atomic E-state index is 12.2. The molecule has 1 aromatic heterocycles. The molecule has 0 bridgehead atoms. The second kappa shape index (κ2) is 8.67. The van der Waals surface area contributed by atoms with Crippen molar-refractivity contribution in [2.75, 3.05) is 0 Å². The van der Waals surface area contributed by atoms with E-state index in [-0.39, 0.29) is 11.9 Å². The van der Waals surface area contributed by atoms with Gasteiger partial charge in [-0.2, -0.15) is 5.10 Å². The molecular weight excluding hydrogens is 334 g/mol. The number of carbonyl (C=O) groups is 1. The van der Waals surface area contributed by atoms with E-state index >= 15 is 0 Å².